The first-order valence-electron chi connectivity index (χ1n) is 7.13. The van der Waals surface area contributed by atoms with Crippen LogP contribution in [0.2, 0.25) is 0 Å². The van der Waals surface area contributed by atoms with Gasteiger partial charge in [-0.2, -0.15) is 0 Å². The average Bonchev–Trinajstić information content (AvgIpc) is 2.54. The molecule has 2 rings (SSSR count). The zero-order valence-corrected chi connectivity index (χ0v) is 12.3. The fraction of sp³-hybridized carbons (Fsp3) is 0.167. The fourth-order valence-electron chi connectivity index (χ4n) is 2.27. The summed E-state index contributed by atoms with van der Waals surface area (Å²) in [4.78, 5) is 33.8. The monoisotopic (exact) mass is 310 g/mol. The van der Waals surface area contributed by atoms with Gasteiger partial charge in [0.05, 0.1) is 5.97 Å². The van der Waals surface area contributed by atoms with Gasteiger partial charge in [0.15, 0.2) is 5.78 Å². The number of benzene rings is 2. The van der Waals surface area contributed by atoms with E-state index in [4.69, 9.17) is 0 Å². The molecule has 0 aliphatic carbocycles. The number of carboxylic acid groups (broad SMARTS) is 2. The van der Waals surface area contributed by atoms with Crippen LogP contribution in [-0.4, -0.2) is 17.7 Å². The summed E-state index contributed by atoms with van der Waals surface area (Å²) >= 11 is 0. The highest BCUT2D eigenvalue weighted by Gasteiger charge is 2.13. The minimum Gasteiger partial charge on any atom is -0.550 e. The van der Waals surface area contributed by atoms with E-state index in [1.807, 2.05) is 0 Å². The van der Waals surface area contributed by atoms with E-state index in [0.29, 0.717) is 18.4 Å². The summed E-state index contributed by atoms with van der Waals surface area (Å²) < 4.78 is 0. The molecule has 0 aromatic heterocycles. The summed E-state index contributed by atoms with van der Waals surface area (Å²) in [6.07, 6.45) is 1.01. The Morgan fingerprint density at radius 3 is 2.00 bits per heavy atom. The quantitative estimate of drug-likeness (QED) is 0.688. The smallest absolute Gasteiger partial charge is 0.193 e. The molecule has 0 atom stereocenters. The van der Waals surface area contributed by atoms with E-state index in [0.717, 1.165) is 5.56 Å². The highest BCUT2D eigenvalue weighted by molar-refractivity contribution is 6.13. The lowest BCUT2D eigenvalue weighted by Gasteiger charge is -2.10. The summed E-state index contributed by atoms with van der Waals surface area (Å²) in [5, 5.41) is 21.4. The third-order valence-electron chi connectivity index (χ3n) is 3.45. The second-order valence-corrected chi connectivity index (χ2v) is 5.08. The SMILES string of the molecule is O=C([O-])CCCc1ccc(C(=O)c2ccccc2C(=O)[O-])cc1. The number of carboxylic acids is 2. The second kappa shape index (κ2) is 7.35. The molecule has 0 saturated heterocycles. The Morgan fingerprint density at radius 2 is 1.43 bits per heavy atom. The van der Waals surface area contributed by atoms with Crippen LogP contribution in [0.4, 0.5) is 0 Å². The van der Waals surface area contributed by atoms with E-state index in [2.05, 4.69) is 0 Å². The van der Waals surface area contributed by atoms with E-state index < -0.39 is 17.7 Å². The number of ketones is 1. The van der Waals surface area contributed by atoms with Crippen LogP contribution in [0, 0.1) is 0 Å². The summed E-state index contributed by atoms with van der Waals surface area (Å²) in [5.74, 6) is -2.88. The van der Waals surface area contributed by atoms with Crippen molar-refractivity contribution in [3.8, 4) is 0 Å². The largest absolute Gasteiger partial charge is 0.550 e. The maximum atomic E-state index is 12.4. The van der Waals surface area contributed by atoms with Crippen LogP contribution in [0.3, 0.4) is 0 Å². The summed E-state index contributed by atoms with van der Waals surface area (Å²) in [6, 6.07) is 12.5. The Labute approximate surface area is 133 Å². The molecule has 2 aromatic rings. The van der Waals surface area contributed by atoms with E-state index in [1.165, 1.54) is 18.2 Å². The van der Waals surface area contributed by atoms with Crippen molar-refractivity contribution in [3.05, 3.63) is 70.8 Å². The van der Waals surface area contributed by atoms with Crippen LogP contribution in [0.1, 0.15) is 44.7 Å². The van der Waals surface area contributed by atoms with Crippen LogP contribution >= 0.6 is 0 Å². The van der Waals surface area contributed by atoms with Crippen LogP contribution in [0.15, 0.2) is 48.5 Å². The van der Waals surface area contributed by atoms with Crippen molar-refractivity contribution in [2.75, 3.05) is 0 Å². The van der Waals surface area contributed by atoms with Gasteiger partial charge in [0.1, 0.15) is 0 Å². The fourth-order valence-corrected chi connectivity index (χ4v) is 2.27. The molecule has 0 radical (unpaired) electrons. The first-order valence-corrected chi connectivity index (χ1v) is 7.13. The van der Waals surface area contributed by atoms with Gasteiger partial charge in [-0.15, -0.1) is 0 Å². The number of aromatic carboxylic acids is 1. The topological polar surface area (TPSA) is 97.3 Å². The molecule has 5 nitrogen and oxygen atoms in total. The molecule has 2 aromatic carbocycles. The maximum Gasteiger partial charge on any atom is 0.193 e. The Balaban J connectivity index is 2.15. The van der Waals surface area contributed by atoms with Gasteiger partial charge in [0, 0.05) is 22.7 Å². The molecular weight excluding hydrogens is 296 g/mol. The molecule has 0 spiro atoms. The van der Waals surface area contributed by atoms with Crippen LogP contribution in [0.25, 0.3) is 0 Å². The number of carbonyl (C=O) groups excluding carboxylic acids is 3. The standard InChI is InChI=1S/C18H16O5/c19-16(20)7-3-4-12-8-10-13(11-9-12)17(21)14-5-1-2-6-15(14)18(22)23/h1-2,5-6,8-11H,3-4,7H2,(H,19,20)(H,22,23)/p-2. The molecule has 5 heteroatoms. The summed E-state index contributed by atoms with van der Waals surface area (Å²) in [6.45, 7) is 0. The van der Waals surface area contributed by atoms with Gasteiger partial charge in [-0.3, -0.25) is 4.79 Å². The van der Waals surface area contributed by atoms with Gasteiger partial charge in [-0.1, -0.05) is 48.5 Å². The molecule has 0 N–H and O–H groups in total. The number of hydrogen-bond acceptors (Lipinski definition) is 5. The minimum atomic E-state index is -1.40. The van der Waals surface area contributed by atoms with Gasteiger partial charge < -0.3 is 19.8 Å². The molecule has 0 bridgehead atoms. The van der Waals surface area contributed by atoms with E-state index in [-0.39, 0.29) is 17.5 Å². The van der Waals surface area contributed by atoms with Crippen LogP contribution in [0.5, 0.6) is 0 Å². The van der Waals surface area contributed by atoms with E-state index in [9.17, 15) is 24.6 Å². The van der Waals surface area contributed by atoms with Crippen molar-refractivity contribution in [2.24, 2.45) is 0 Å². The first-order chi connectivity index (χ1) is 11.0. The van der Waals surface area contributed by atoms with Crippen LogP contribution in [-0.2, 0) is 11.2 Å². The average molecular weight is 310 g/mol. The van der Waals surface area contributed by atoms with Crippen LogP contribution < -0.4 is 10.2 Å². The first kappa shape index (κ1) is 16.4. The minimum absolute atomic E-state index is 0.0142. The molecule has 0 fully saturated rings. The molecule has 0 saturated carbocycles. The van der Waals surface area contributed by atoms with E-state index in [1.54, 1.807) is 30.3 Å². The number of rotatable bonds is 7. The molecule has 0 aliphatic rings. The lowest BCUT2D eigenvalue weighted by atomic mass is 9.97. The van der Waals surface area contributed by atoms with Crippen molar-refractivity contribution in [2.45, 2.75) is 19.3 Å². The number of aryl methyl sites for hydroxylation is 1. The van der Waals surface area contributed by atoms with Crippen molar-refractivity contribution in [1.29, 1.82) is 0 Å². The van der Waals surface area contributed by atoms with Crippen molar-refractivity contribution < 1.29 is 24.6 Å². The Morgan fingerprint density at radius 1 is 0.826 bits per heavy atom. The highest BCUT2D eigenvalue weighted by atomic mass is 16.4. The Kier molecular flexibility index (Phi) is 5.25. The van der Waals surface area contributed by atoms with Gasteiger partial charge in [-0.05, 0) is 24.8 Å². The molecule has 0 heterocycles. The van der Waals surface area contributed by atoms with Gasteiger partial charge in [-0.25, -0.2) is 0 Å². The number of hydrogen-bond donors (Lipinski definition) is 0. The normalized spacial score (nSPS) is 10.3. The maximum absolute atomic E-state index is 12.4. The third-order valence-corrected chi connectivity index (χ3v) is 3.45. The molecule has 0 amide bonds. The zero-order chi connectivity index (χ0) is 16.8. The van der Waals surface area contributed by atoms with Gasteiger partial charge in [0.2, 0.25) is 0 Å². The van der Waals surface area contributed by atoms with E-state index >= 15 is 0 Å². The Hall–Kier alpha value is -2.95. The predicted octanol–water partition coefficient (Wildman–Crippen LogP) is 0.354. The molecular formula is C18H14O5-2. The predicted molar refractivity (Wildman–Crippen MR) is 78.6 cm³/mol. The number of carbonyl (C=O) groups is 3. The summed E-state index contributed by atoms with van der Waals surface area (Å²) in [5.41, 5.74) is 1.20. The van der Waals surface area contributed by atoms with Crippen molar-refractivity contribution in [3.63, 3.8) is 0 Å². The van der Waals surface area contributed by atoms with Crippen molar-refractivity contribution in [1.82, 2.24) is 0 Å². The molecule has 0 unspecified atom stereocenters. The lowest BCUT2D eigenvalue weighted by molar-refractivity contribution is -0.305. The third kappa shape index (κ3) is 4.26. The molecule has 118 valence electrons. The zero-order valence-electron chi connectivity index (χ0n) is 12.3. The highest BCUT2D eigenvalue weighted by Crippen LogP contribution is 2.16. The Bertz CT molecular complexity index is 731. The summed E-state index contributed by atoms with van der Waals surface area (Å²) in [7, 11) is 0. The molecule has 23 heavy (non-hydrogen) atoms. The lowest BCUT2D eigenvalue weighted by Crippen LogP contribution is -2.25. The second-order valence-electron chi connectivity index (χ2n) is 5.08. The van der Waals surface area contributed by atoms with Gasteiger partial charge in [0.25, 0.3) is 0 Å². The van der Waals surface area contributed by atoms with Crippen molar-refractivity contribution >= 4 is 17.7 Å². The molecule has 0 aliphatic heterocycles. The van der Waals surface area contributed by atoms with Gasteiger partial charge >= 0.3 is 0 Å². The number of aliphatic carboxylic acids is 1.